The van der Waals surface area contributed by atoms with Crippen LogP contribution in [0, 0.1) is 0 Å². The molecule has 3 aliphatic carbocycles. The van der Waals surface area contributed by atoms with Crippen LogP contribution in [0.1, 0.15) is 49.7 Å². The lowest BCUT2D eigenvalue weighted by molar-refractivity contribution is 0.825. The Balaban J connectivity index is 2.16. The lowest BCUT2D eigenvalue weighted by atomic mass is 9.72. The third-order valence-electron chi connectivity index (χ3n) is 5.12. The van der Waals surface area contributed by atoms with Gasteiger partial charge in [0, 0.05) is 20.8 Å². The summed E-state index contributed by atoms with van der Waals surface area (Å²) in [5.74, 6) is 0.831. The van der Waals surface area contributed by atoms with E-state index >= 15 is 0 Å². The van der Waals surface area contributed by atoms with Gasteiger partial charge in [0.25, 0.3) is 0 Å². The predicted octanol–water partition coefficient (Wildman–Crippen LogP) is 5.13. The van der Waals surface area contributed by atoms with Crippen LogP contribution in [-0.4, -0.2) is 0 Å². The highest BCUT2D eigenvalue weighted by Crippen LogP contribution is 2.44. The second-order valence-corrected chi connectivity index (χ2v) is 7.93. The van der Waals surface area contributed by atoms with Gasteiger partial charge < -0.3 is 0 Å². The van der Waals surface area contributed by atoms with Gasteiger partial charge in [-0.2, -0.15) is 0 Å². The molecule has 0 radical (unpaired) electrons. The first-order chi connectivity index (χ1) is 10.7. The van der Waals surface area contributed by atoms with E-state index < -0.39 is 0 Å². The minimum atomic E-state index is 0.382. The smallest absolute Gasteiger partial charge is 0.0345 e. The molecule has 0 saturated carbocycles. The van der Waals surface area contributed by atoms with Gasteiger partial charge in [-0.05, 0) is 52.1 Å². The van der Waals surface area contributed by atoms with Crippen LogP contribution in [0.3, 0.4) is 0 Å². The van der Waals surface area contributed by atoms with Crippen LogP contribution in [0.5, 0.6) is 0 Å². The van der Waals surface area contributed by atoms with E-state index in [1.165, 1.54) is 41.7 Å². The maximum atomic E-state index is 3.82. The molecule has 0 heterocycles. The summed E-state index contributed by atoms with van der Waals surface area (Å²) in [5.41, 5.74) is 5.99. The Morgan fingerprint density at radius 3 is 2.27 bits per heavy atom. The van der Waals surface area contributed by atoms with Crippen molar-refractivity contribution >= 4 is 41.9 Å². The fourth-order valence-corrected chi connectivity index (χ4v) is 5.32. The van der Waals surface area contributed by atoms with Gasteiger partial charge in [-0.15, -0.1) is 0 Å². The molecular formula is C20H18Br2. The van der Waals surface area contributed by atoms with Gasteiger partial charge in [0.05, 0.1) is 0 Å². The van der Waals surface area contributed by atoms with Crippen molar-refractivity contribution < 1.29 is 0 Å². The van der Waals surface area contributed by atoms with Crippen LogP contribution in [0.2, 0.25) is 0 Å². The summed E-state index contributed by atoms with van der Waals surface area (Å²) < 4.78 is 2.53. The predicted molar refractivity (Wildman–Crippen MR) is 102 cm³/mol. The van der Waals surface area contributed by atoms with Crippen molar-refractivity contribution in [3.8, 4) is 0 Å². The van der Waals surface area contributed by atoms with Crippen LogP contribution in [0.4, 0.5) is 0 Å². The lowest BCUT2D eigenvalue weighted by Gasteiger charge is -2.33. The van der Waals surface area contributed by atoms with E-state index in [-0.39, 0.29) is 0 Å². The number of allylic oxidation sites excluding steroid dienone is 6. The molecule has 22 heavy (non-hydrogen) atoms. The fourth-order valence-electron chi connectivity index (χ4n) is 4.03. The highest BCUT2D eigenvalue weighted by Gasteiger charge is 2.32. The first kappa shape index (κ1) is 14.7. The summed E-state index contributed by atoms with van der Waals surface area (Å²) in [4.78, 5) is 0. The number of halogens is 2. The topological polar surface area (TPSA) is 0 Å². The molecule has 2 unspecified atom stereocenters. The van der Waals surface area contributed by atoms with Gasteiger partial charge in [-0.3, -0.25) is 0 Å². The summed E-state index contributed by atoms with van der Waals surface area (Å²) >= 11 is 7.62. The number of hydrogen-bond donors (Lipinski definition) is 0. The van der Waals surface area contributed by atoms with Crippen LogP contribution >= 0.6 is 31.9 Å². The van der Waals surface area contributed by atoms with Crippen LogP contribution < -0.4 is 10.4 Å². The maximum absolute atomic E-state index is 3.82. The van der Waals surface area contributed by atoms with E-state index in [2.05, 4.69) is 82.1 Å². The number of rotatable bonds is 2. The second kappa shape index (κ2) is 5.35. The molecule has 0 aromatic heterocycles. The van der Waals surface area contributed by atoms with E-state index in [9.17, 15) is 0 Å². The minimum Gasteiger partial charge on any atom is -0.0760 e. The first-order valence-electron chi connectivity index (χ1n) is 7.97. The molecule has 0 N–H and O–H groups in total. The average Bonchev–Trinajstić information content (AvgIpc) is 2.55. The summed E-state index contributed by atoms with van der Waals surface area (Å²) in [6, 6.07) is 4.62. The average molecular weight is 418 g/mol. The zero-order chi connectivity index (χ0) is 15.4. The monoisotopic (exact) mass is 416 g/mol. The Morgan fingerprint density at radius 2 is 1.55 bits per heavy atom. The van der Waals surface area contributed by atoms with Gasteiger partial charge in [-0.1, -0.05) is 75.6 Å². The molecule has 4 rings (SSSR count). The summed E-state index contributed by atoms with van der Waals surface area (Å²) in [7, 11) is 0. The maximum Gasteiger partial charge on any atom is 0.0345 e. The largest absolute Gasteiger partial charge is 0.0760 e. The van der Waals surface area contributed by atoms with Crippen molar-refractivity contribution in [1.82, 2.24) is 0 Å². The summed E-state index contributed by atoms with van der Waals surface area (Å²) in [6.45, 7) is 4.50. The zero-order valence-corrected chi connectivity index (χ0v) is 16.0. The zero-order valence-electron chi connectivity index (χ0n) is 12.8. The van der Waals surface area contributed by atoms with Crippen molar-refractivity contribution in [3.05, 3.63) is 68.1 Å². The Morgan fingerprint density at radius 1 is 0.864 bits per heavy atom. The molecule has 0 nitrogen and oxygen atoms in total. The molecule has 1 aromatic rings. The van der Waals surface area contributed by atoms with E-state index in [1.807, 2.05) is 0 Å². The molecular weight excluding hydrogens is 400 g/mol. The molecule has 2 atom stereocenters. The third-order valence-corrected chi connectivity index (χ3v) is 6.50. The van der Waals surface area contributed by atoms with E-state index in [1.54, 1.807) is 0 Å². The Hall–Kier alpha value is -0.860. The van der Waals surface area contributed by atoms with Crippen LogP contribution in [-0.2, 0) is 0 Å². The number of hydrogen-bond acceptors (Lipinski definition) is 0. The van der Waals surface area contributed by atoms with Gasteiger partial charge >= 0.3 is 0 Å². The van der Waals surface area contributed by atoms with Crippen molar-refractivity contribution in [2.75, 3.05) is 0 Å². The van der Waals surface area contributed by atoms with Gasteiger partial charge in [0.2, 0.25) is 0 Å². The molecule has 0 bridgehead atoms. The van der Waals surface area contributed by atoms with Crippen molar-refractivity contribution in [2.24, 2.45) is 0 Å². The van der Waals surface area contributed by atoms with Crippen LogP contribution in [0.15, 0.2) is 46.5 Å². The van der Waals surface area contributed by atoms with E-state index in [0.29, 0.717) is 11.8 Å². The fraction of sp³-hybridized carbons (Fsp3) is 0.300. The lowest BCUT2D eigenvalue weighted by Crippen LogP contribution is -2.33. The molecule has 1 aromatic carbocycles. The third kappa shape index (κ3) is 1.93. The molecule has 0 spiro atoms. The Labute approximate surface area is 148 Å². The Kier molecular flexibility index (Phi) is 3.58. The molecule has 0 aliphatic heterocycles. The molecule has 0 amide bonds. The van der Waals surface area contributed by atoms with Gasteiger partial charge in [-0.25, -0.2) is 0 Å². The van der Waals surface area contributed by atoms with Gasteiger partial charge in [0.1, 0.15) is 0 Å². The normalized spacial score (nSPS) is 24.9. The molecule has 2 heteroatoms. The SMILES string of the molecule is CCC1=CC(Br)=c2ccc3c4c2C1C=CC4C(Br)=CC=3CC. The molecule has 0 fully saturated rings. The van der Waals surface area contributed by atoms with Crippen molar-refractivity contribution in [1.29, 1.82) is 0 Å². The molecule has 0 saturated heterocycles. The highest BCUT2D eigenvalue weighted by atomic mass is 79.9. The van der Waals surface area contributed by atoms with Crippen LogP contribution in [0.25, 0.3) is 10.1 Å². The standard InChI is InChI=1S/C20H18Br2/c1-3-11-9-17(21)15-8-6-14-12(4-2)10-18(22)16-7-5-13(11)19(15)20(14)16/h5-10,13,16H,3-4H2,1-2H3. The molecule has 112 valence electrons. The summed E-state index contributed by atoms with van der Waals surface area (Å²) in [5, 5.41) is 2.81. The van der Waals surface area contributed by atoms with E-state index in [4.69, 9.17) is 0 Å². The number of benzene rings is 1. The Bertz CT molecular complexity index is 881. The van der Waals surface area contributed by atoms with E-state index in [0.717, 1.165) is 12.8 Å². The van der Waals surface area contributed by atoms with Crippen molar-refractivity contribution in [3.63, 3.8) is 0 Å². The molecule has 3 aliphatic rings. The highest BCUT2D eigenvalue weighted by molar-refractivity contribution is 9.15. The second-order valence-electron chi connectivity index (χ2n) is 6.16. The quantitative estimate of drug-likeness (QED) is 0.585. The van der Waals surface area contributed by atoms with Gasteiger partial charge in [0.15, 0.2) is 0 Å². The summed E-state index contributed by atoms with van der Waals surface area (Å²) in [6.07, 6.45) is 11.6. The first-order valence-corrected chi connectivity index (χ1v) is 9.56. The van der Waals surface area contributed by atoms with Crippen molar-refractivity contribution in [2.45, 2.75) is 38.5 Å². The minimum absolute atomic E-state index is 0.382.